The summed E-state index contributed by atoms with van der Waals surface area (Å²) in [6, 6.07) is 17.4. The Labute approximate surface area is 143 Å². The predicted molar refractivity (Wildman–Crippen MR) is 94.0 cm³/mol. The number of sulfonamides is 1. The highest BCUT2D eigenvalue weighted by atomic mass is 32.2. The average molecular weight is 359 g/mol. The van der Waals surface area contributed by atoms with E-state index in [1.54, 1.807) is 12.1 Å². The smallest absolute Gasteiger partial charge is 0.348 e. The van der Waals surface area contributed by atoms with Gasteiger partial charge in [0.2, 0.25) is 0 Å². The van der Waals surface area contributed by atoms with E-state index in [0.29, 0.717) is 0 Å². The van der Waals surface area contributed by atoms with Crippen LogP contribution in [0.4, 0.5) is 5.69 Å². The van der Waals surface area contributed by atoms with Gasteiger partial charge in [-0.15, -0.1) is 11.3 Å². The molecule has 0 spiro atoms. The van der Waals surface area contributed by atoms with E-state index < -0.39 is 16.0 Å². The third kappa shape index (κ3) is 3.32. The van der Waals surface area contributed by atoms with Crippen molar-refractivity contribution in [1.29, 1.82) is 0 Å². The van der Waals surface area contributed by atoms with Crippen molar-refractivity contribution in [3.8, 4) is 11.1 Å². The topological polar surface area (TPSA) is 83.5 Å². The molecule has 0 atom stereocenters. The molecule has 24 heavy (non-hydrogen) atoms. The molecule has 0 aliphatic heterocycles. The molecule has 1 aromatic heterocycles. The molecule has 0 radical (unpaired) electrons. The van der Waals surface area contributed by atoms with Crippen molar-refractivity contribution in [2.45, 2.75) is 4.90 Å². The number of aromatic carboxylic acids is 1. The van der Waals surface area contributed by atoms with Crippen molar-refractivity contribution < 1.29 is 18.3 Å². The van der Waals surface area contributed by atoms with E-state index in [2.05, 4.69) is 4.72 Å². The minimum Gasteiger partial charge on any atom is -0.477 e. The van der Waals surface area contributed by atoms with Gasteiger partial charge in [0.25, 0.3) is 10.0 Å². The van der Waals surface area contributed by atoms with Crippen LogP contribution in [0.15, 0.2) is 70.9 Å². The van der Waals surface area contributed by atoms with E-state index >= 15 is 0 Å². The number of carbonyl (C=O) groups is 1. The van der Waals surface area contributed by atoms with Crippen LogP contribution in [0.2, 0.25) is 0 Å². The molecule has 3 rings (SSSR count). The lowest BCUT2D eigenvalue weighted by Gasteiger charge is -2.09. The monoisotopic (exact) mass is 359 g/mol. The number of thiophene rings is 1. The molecule has 0 bridgehead atoms. The van der Waals surface area contributed by atoms with Gasteiger partial charge >= 0.3 is 5.97 Å². The zero-order valence-electron chi connectivity index (χ0n) is 12.3. The lowest BCUT2D eigenvalue weighted by molar-refractivity contribution is 0.0703. The van der Waals surface area contributed by atoms with Crippen molar-refractivity contribution in [1.82, 2.24) is 0 Å². The molecule has 2 aromatic carbocycles. The quantitative estimate of drug-likeness (QED) is 0.723. The molecule has 1 heterocycles. The summed E-state index contributed by atoms with van der Waals surface area (Å²) in [6.07, 6.45) is 0. The molecule has 0 saturated carbocycles. The van der Waals surface area contributed by atoms with Gasteiger partial charge in [-0.2, -0.15) is 0 Å². The van der Waals surface area contributed by atoms with E-state index in [0.717, 1.165) is 22.5 Å². The molecule has 5 nitrogen and oxygen atoms in total. The summed E-state index contributed by atoms with van der Waals surface area (Å²) < 4.78 is 27.5. The highest BCUT2D eigenvalue weighted by Crippen LogP contribution is 2.27. The fourth-order valence-corrected chi connectivity index (χ4v) is 4.10. The van der Waals surface area contributed by atoms with Crippen molar-refractivity contribution in [2.75, 3.05) is 4.72 Å². The molecule has 0 amide bonds. The van der Waals surface area contributed by atoms with Crippen LogP contribution in [0.25, 0.3) is 11.1 Å². The molecule has 0 fully saturated rings. The second kappa shape index (κ2) is 6.46. The van der Waals surface area contributed by atoms with Crippen LogP contribution in [-0.2, 0) is 10.0 Å². The summed E-state index contributed by atoms with van der Waals surface area (Å²) in [6.45, 7) is 0. The first-order chi connectivity index (χ1) is 11.5. The Kier molecular flexibility index (Phi) is 4.37. The molecule has 0 aliphatic rings. The Morgan fingerprint density at radius 1 is 0.958 bits per heavy atom. The molecule has 7 heteroatoms. The Morgan fingerprint density at radius 2 is 1.67 bits per heavy atom. The number of rotatable bonds is 5. The zero-order chi connectivity index (χ0) is 17.2. The number of carboxylic acids is 1. The summed E-state index contributed by atoms with van der Waals surface area (Å²) in [7, 11) is -3.88. The standard InChI is InChI=1S/C17H13NO4S2/c19-17(20)16-15(9-10-23-16)18-24(21,22)14-8-4-7-13(11-14)12-5-2-1-3-6-12/h1-11,18H,(H,19,20). The van der Waals surface area contributed by atoms with Crippen molar-refractivity contribution in [3.05, 3.63) is 70.9 Å². The minimum absolute atomic E-state index is 0.0437. The summed E-state index contributed by atoms with van der Waals surface area (Å²) in [5.41, 5.74) is 1.73. The van der Waals surface area contributed by atoms with Gasteiger partial charge < -0.3 is 5.11 Å². The van der Waals surface area contributed by atoms with Gasteiger partial charge in [0.05, 0.1) is 10.6 Å². The van der Waals surface area contributed by atoms with Crippen LogP contribution in [0.3, 0.4) is 0 Å². The van der Waals surface area contributed by atoms with Crippen LogP contribution >= 0.6 is 11.3 Å². The number of hydrogen-bond donors (Lipinski definition) is 2. The number of hydrogen-bond acceptors (Lipinski definition) is 4. The molecule has 0 aliphatic carbocycles. The Morgan fingerprint density at radius 3 is 2.38 bits per heavy atom. The molecule has 0 unspecified atom stereocenters. The lowest BCUT2D eigenvalue weighted by atomic mass is 10.1. The molecule has 3 aromatic rings. The summed E-state index contributed by atoms with van der Waals surface area (Å²) in [5.74, 6) is -1.17. The summed E-state index contributed by atoms with van der Waals surface area (Å²) >= 11 is 0.967. The van der Waals surface area contributed by atoms with E-state index in [-0.39, 0.29) is 15.5 Å². The van der Waals surface area contributed by atoms with Crippen molar-refractivity contribution in [2.24, 2.45) is 0 Å². The third-order valence-electron chi connectivity index (χ3n) is 3.36. The maximum atomic E-state index is 12.6. The van der Waals surface area contributed by atoms with Crippen molar-refractivity contribution >= 4 is 33.0 Å². The minimum atomic E-state index is -3.88. The van der Waals surface area contributed by atoms with Gasteiger partial charge in [-0.25, -0.2) is 13.2 Å². The van der Waals surface area contributed by atoms with E-state index in [1.807, 2.05) is 36.4 Å². The molecule has 0 saturated heterocycles. The highest BCUT2D eigenvalue weighted by molar-refractivity contribution is 7.92. The largest absolute Gasteiger partial charge is 0.477 e. The Hall–Kier alpha value is -2.64. The average Bonchev–Trinajstić information content (AvgIpc) is 3.03. The molecular formula is C17H13NO4S2. The number of anilines is 1. The summed E-state index contributed by atoms with van der Waals surface area (Å²) in [4.78, 5) is 11.2. The van der Waals surface area contributed by atoms with Gasteiger partial charge in [0.15, 0.2) is 0 Å². The van der Waals surface area contributed by atoms with Crippen LogP contribution in [0.5, 0.6) is 0 Å². The normalized spacial score (nSPS) is 11.2. The first kappa shape index (κ1) is 16.2. The highest BCUT2D eigenvalue weighted by Gasteiger charge is 2.20. The molecule has 122 valence electrons. The van der Waals surface area contributed by atoms with E-state index in [9.17, 15) is 13.2 Å². The van der Waals surface area contributed by atoms with Crippen molar-refractivity contribution in [3.63, 3.8) is 0 Å². The van der Waals surface area contributed by atoms with Gasteiger partial charge in [-0.3, -0.25) is 4.72 Å². The van der Waals surface area contributed by atoms with Crippen LogP contribution in [-0.4, -0.2) is 19.5 Å². The van der Waals surface area contributed by atoms with Crippen LogP contribution in [0, 0.1) is 0 Å². The molecule has 2 N–H and O–H groups in total. The second-order valence-corrected chi connectivity index (χ2v) is 7.57. The zero-order valence-corrected chi connectivity index (χ0v) is 14.0. The van der Waals surface area contributed by atoms with Gasteiger partial charge in [0.1, 0.15) is 4.88 Å². The van der Waals surface area contributed by atoms with Gasteiger partial charge in [-0.1, -0.05) is 42.5 Å². The second-order valence-electron chi connectivity index (χ2n) is 4.97. The van der Waals surface area contributed by atoms with E-state index in [1.165, 1.54) is 17.5 Å². The van der Waals surface area contributed by atoms with Crippen LogP contribution < -0.4 is 4.72 Å². The number of nitrogens with one attached hydrogen (secondary N) is 1. The fraction of sp³-hybridized carbons (Fsp3) is 0. The fourth-order valence-electron chi connectivity index (χ4n) is 2.23. The first-order valence-electron chi connectivity index (χ1n) is 6.96. The maximum Gasteiger partial charge on any atom is 0.348 e. The maximum absolute atomic E-state index is 12.6. The Bertz CT molecular complexity index is 979. The number of carboxylic acid groups (broad SMARTS) is 1. The van der Waals surface area contributed by atoms with Gasteiger partial charge in [-0.05, 0) is 34.7 Å². The first-order valence-corrected chi connectivity index (χ1v) is 9.33. The lowest BCUT2D eigenvalue weighted by Crippen LogP contribution is -2.14. The molecular weight excluding hydrogens is 346 g/mol. The summed E-state index contributed by atoms with van der Waals surface area (Å²) in [5, 5.41) is 10.6. The Balaban J connectivity index is 1.96. The number of benzene rings is 2. The van der Waals surface area contributed by atoms with Crippen LogP contribution in [0.1, 0.15) is 9.67 Å². The SMILES string of the molecule is O=C(O)c1sccc1NS(=O)(=O)c1cccc(-c2ccccc2)c1. The van der Waals surface area contributed by atoms with Gasteiger partial charge in [0, 0.05) is 0 Å². The predicted octanol–water partition coefficient (Wildman–Crippen LogP) is 3.91. The third-order valence-corrected chi connectivity index (χ3v) is 5.62. The van der Waals surface area contributed by atoms with E-state index in [4.69, 9.17) is 5.11 Å².